The molecule has 5 aromatic rings. The quantitative estimate of drug-likeness (QED) is 0.214. The van der Waals surface area contributed by atoms with E-state index in [1.807, 2.05) is 0 Å². The maximum Gasteiger partial charge on any atom is 0.240 e. The molecule has 0 aliphatic carbocycles. The van der Waals surface area contributed by atoms with Crippen LogP contribution in [-0.4, -0.2) is 17.2 Å². The van der Waals surface area contributed by atoms with Gasteiger partial charge in [0.2, 0.25) is 5.91 Å². The number of hydrogen-bond acceptors (Lipinski definition) is 3. The summed E-state index contributed by atoms with van der Waals surface area (Å²) >= 11 is 0. The van der Waals surface area contributed by atoms with Gasteiger partial charge < -0.3 is 5.11 Å². The highest BCUT2D eigenvalue weighted by Crippen LogP contribution is 2.36. The maximum atomic E-state index is 12.2. The standard InChI is InChI=1S/C27H22N2O2/c30-24-9-2-1-5-22(24)17-28-29-25(31)10-4-6-18-11-12-21-14-13-19-7-3-8-20-15-16-23(18)27(21)26(19)20/h1-3,5,7-9,11-17,30H,4,6,10H2,(H,29,31)/b28-17+. The Kier molecular flexibility index (Phi) is 4.97. The van der Waals surface area contributed by atoms with E-state index in [0.717, 1.165) is 12.8 Å². The molecule has 0 unspecified atom stereocenters. The van der Waals surface area contributed by atoms with Crippen molar-refractivity contribution in [1.82, 2.24) is 5.43 Å². The fraction of sp³-hybridized carbons (Fsp3) is 0.111. The number of hydrogen-bond donors (Lipinski definition) is 2. The molecule has 0 bridgehead atoms. The summed E-state index contributed by atoms with van der Waals surface area (Å²) in [6, 6.07) is 26.4. The van der Waals surface area contributed by atoms with E-state index in [2.05, 4.69) is 65.1 Å². The Bertz CT molecular complexity index is 1410. The Labute approximate surface area is 180 Å². The second-order valence-electron chi connectivity index (χ2n) is 7.79. The molecule has 0 aliphatic rings. The van der Waals surface area contributed by atoms with Crippen molar-refractivity contribution in [2.24, 2.45) is 5.10 Å². The molecule has 2 N–H and O–H groups in total. The molecule has 152 valence electrons. The van der Waals surface area contributed by atoms with Crippen LogP contribution in [-0.2, 0) is 11.2 Å². The molecule has 5 aromatic carbocycles. The lowest BCUT2D eigenvalue weighted by molar-refractivity contribution is -0.121. The maximum absolute atomic E-state index is 12.2. The third-order valence-corrected chi connectivity index (χ3v) is 5.80. The van der Waals surface area contributed by atoms with E-state index in [9.17, 15) is 9.90 Å². The number of benzene rings is 5. The number of hydrazone groups is 1. The molecule has 4 heteroatoms. The first-order valence-electron chi connectivity index (χ1n) is 10.5. The zero-order valence-electron chi connectivity index (χ0n) is 17.0. The Morgan fingerprint density at radius 1 is 0.839 bits per heavy atom. The Balaban J connectivity index is 1.29. The summed E-state index contributed by atoms with van der Waals surface area (Å²) in [4.78, 5) is 12.2. The van der Waals surface area contributed by atoms with Gasteiger partial charge in [0.05, 0.1) is 6.21 Å². The van der Waals surface area contributed by atoms with Crippen molar-refractivity contribution < 1.29 is 9.90 Å². The van der Waals surface area contributed by atoms with Crippen molar-refractivity contribution in [3.05, 3.63) is 90.0 Å². The van der Waals surface area contributed by atoms with Gasteiger partial charge in [0.1, 0.15) is 5.75 Å². The van der Waals surface area contributed by atoms with Crippen LogP contribution >= 0.6 is 0 Å². The highest BCUT2D eigenvalue weighted by molar-refractivity contribution is 6.23. The van der Waals surface area contributed by atoms with Gasteiger partial charge in [0.15, 0.2) is 0 Å². The third-order valence-electron chi connectivity index (χ3n) is 5.80. The molecule has 0 fully saturated rings. The molecule has 4 nitrogen and oxygen atoms in total. The number of aryl methyl sites for hydroxylation is 1. The molecular formula is C27H22N2O2. The number of phenols is 1. The zero-order valence-corrected chi connectivity index (χ0v) is 17.0. The fourth-order valence-electron chi connectivity index (χ4n) is 4.28. The fourth-order valence-corrected chi connectivity index (χ4v) is 4.28. The third kappa shape index (κ3) is 3.68. The van der Waals surface area contributed by atoms with Crippen LogP contribution in [0.3, 0.4) is 0 Å². The monoisotopic (exact) mass is 406 g/mol. The number of phenolic OH excluding ortho intramolecular Hbond substituents is 1. The summed E-state index contributed by atoms with van der Waals surface area (Å²) < 4.78 is 0. The number of para-hydroxylation sites is 1. The normalized spacial score (nSPS) is 11.7. The van der Waals surface area contributed by atoms with Crippen LogP contribution in [0, 0.1) is 0 Å². The van der Waals surface area contributed by atoms with Crippen LogP contribution in [0.4, 0.5) is 0 Å². The Morgan fingerprint density at radius 2 is 1.55 bits per heavy atom. The van der Waals surface area contributed by atoms with E-state index in [4.69, 9.17) is 0 Å². The average molecular weight is 406 g/mol. The van der Waals surface area contributed by atoms with E-state index in [0.29, 0.717) is 12.0 Å². The van der Waals surface area contributed by atoms with E-state index in [1.165, 1.54) is 44.1 Å². The topological polar surface area (TPSA) is 61.7 Å². The van der Waals surface area contributed by atoms with Gasteiger partial charge in [-0.05, 0) is 62.9 Å². The van der Waals surface area contributed by atoms with E-state index < -0.39 is 0 Å². The van der Waals surface area contributed by atoms with Gasteiger partial charge in [-0.1, -0.05) is 66.7 Å². The van der Waals surface area contributed by atoms with E-state index in [-0.39, 0.29) is 11.7 Å². The first-order chi connectivity index (χ1) is 15.2. The molecule has 0 aromatic heterocycles. The minimum atomic E-state index is -0.135. The van der Waals surface area contributed by atoms with Crippen molar-refractivity contribution in [1.29, 1.82) is 0 Å². The lowest BCUT2D eigenvalue weighted by Gasteiger charge is -2.13. The number of carbonyl (C=O) groups excluding carboxylic acids is 1. The molecule has 0 aliphatic heterocycles. The SMILES string of the molecule is O=C(CCCc1ccc2ccc3cccc4ccc1c2c34)N/N=C/c1ccccc1O. The van der Waals surface area contributed by atoms with Crippen LogP contribution in [0.15, 0.2) is 84.0 Å². The van der Waals surface area contributed by atoms with Crippen molar-refractivity contribution in [3.63, 3.8) is 0 Å². The number of nitrogens with zero attached hydrogens (tertiary/aromatic N) is 1. The molecular weight excluding hydrogens is 384 g/mol. The molecule has 0 saturated carbocycles. The predicted octanol–water partition coefficient (Wildman–Crippen LogP) is 5.76. The van der Waals surface area contributed by atoms with Gasteiger partial charge in [-0.25, -0.2) is 5.43 Å². The van der Waals surface area contributed by atoms with Crippen LogP contribution in [0.2, 0.25) is 0 Å². The lowest BCUT2D eigenvalue weighted by atomic mass is 9.90. The van der Waals surface area contributed by atoms with Crippen molar-refractivity contribution in [3.8, 4) is 5.75 Å². The van der Waals surface area contributed by atoms with Gasteiger partial charge in [-0.15, -0.1) is 0 Å². The predicted molar refractivity (Wildman–Crippen MR) is 127 cm³/mol. The number of amides is 1. The van der Waals surface area contributed by atoms with E-state index in [1.54, 1.807) is 24.3 Å². The number of nitrogens with one attached hydrogen (secondary N) is 1. The second kappa shape index (κ2) is 8.07. The average Bonchev–Trinajstić information content (AvgIpc) is 2.79. The Hall–Kier alpha value is -3.92. The summed E-state index contributed by atoms with van der Waals surface area (Å²) in [5, 5.41) is 21.3. The number of aromatic hydroxyl groups is 1. The minimum Gasteiger partial charge on any atom is -0.507 e. The summed E-state index contributed by atoms with van der Waals surface area (Å²) in [5.41, 5.74) is 4.37. The minimum absolute atomic E-state index is 0.134. The van der Waals surface area contributed by atoms with Crippen LogP contribution in [0.25, 0.3) is 32.3 Å². The first-order valence-corrected chi connectivity index (χ1v) is 10.5. The van der Waals surface area contributed by atoms with Crippen molar-refractivity contribution in [2.45, 2.75) is 19.3 Å². The molecule has 0 heterocycles. The number of rotatable bonds is 6. The molecule has 5 rings (SSSR count). The van der Waals surface area contributed by atoms with Crippen LogP contribution in [0.5, 0.6) is 5.75 Å². The summed E-state index contributed by atoms with van der Waals surface area (Å²) in [5.74, 6) is -0.00103. The molecule has 0 saturated heterocycles. The second-order valence-corrected chi connectivity index (χ2v) is 7.79. The molecule has 0 atom stereocenters. The molecule has 0 spiro atoms. The number of carbonyl (C=O) groups is 1. The largest absolute Gasteiger partial charge is 0.507 e. The molecule has 1 amide bonds. The van der Waals surface area contributed by atoms with Crippen molar-refractivity contribution in [2.75, 3.05) is 0 Å². The molecule has 0 radical (unpaired) electrons. The lowest BCUT2D eigenvalue weighted by Crippen LogP contribution is -2.17. The zero-order chi connectivity index (χ0) is 21.2. The molecule has 31 heavy (non-hydrogen) atoms. The smallest absolute Gasteiger partial charge is 0.240 e. The first kappa shape index (κ1) is 19.1. The van der Waals surface area contributed by atoms with Crippen LogP contribution in [0.1, 0.15) is 24.0 Å². The summed E-state index contributed by atoms with van der Waals surface area (Å²) in [6.07, 6.45) is 3.40. The van der Waals surface area contributed by atoms with Gasteiger partial charge >= 0.3 is 0 Å². The van der Waals surface area contributed by atoms with Crippen molar-refractivity contribution >= 4 is 44.4 Å². The summed E-state index contributed by atoms with van der Waals surface area (Å²) in [7, 11) is 0. The van der Waals surface area contributed by atoms with E-state index >= 15 is 0 Å². The van der Waals surface area contributed by atoms with Crippen LogP contribution < -0.4 is 5.43 Å². The van der Waals surface area contributed by atoms with Gasteiger partial charge in [0.25, 0.3) is 0 Å². The van der Waals surface area contributed by atoms with Gasteiger partial charge in [0, 0.05) is 12.0 Å². The highest BCUT2D eigenvalue weighted by atomic mass is 16.3. The Morgan fingerprint density at radius 3 is 2.35 bits per heavy atom. The van der Waals surface area contributed by atoms with Gasteiger partial charge in [-0.2, -0.15) is 5.10 Å². The highest BCUT2D eigenvalue weighted by Gasteiger charge is 2.11. The van der Waals surface area contributed by atoms with Gasteiger partial charge in [-0.3, -0.25) is 4.79 Å². The summed E-state index contributed by atoms with van der Waals surface area (Å²) in [6.45, 7) is 0.